The number of hydrogen-bond donors (Lipinski definition) is 1. The molecule has 2 aromatic rings. The first-order valence-electron chi connectivity index (χ1n) is 7.51. The van der Waals surface area contributed by atoms with Crippen molar-refractivity contribution in [1.29, 1.82) is 0 Å². The van der Waals surface area contributed by atoms with Crippen molar-refractivity contribution in [1.82, 2.24) is 0 Å². The predicted molar refractivity (Wildman–Crippen MR) is 98.2 cm³/mol. The zero-order valence-electron chi connectivity index (χ0n) is 14.1. The Morgan fingerprint density at radius 1 is 0.960 bits per heavy atom. The molecule has 0 bridgehead atoms. The van der Waals surface area contributed by atoms with E-state index in [1.165, 1.54) is 14.2 Å². The number of halogens is 2. The fraction of sp³-hybridized carbons (Fsp3) is 0.278. The lowest BCUT2D eigenvalue weighted by Crippen LogP contribution is -2.44. The van der Waals surface area contributed by atoms with Gasteiger partial charge in [-0.25, -0.2) is 4.79 Å². The Balaban J connectivity index is 2.14. The van der Waals surface area contributed by atoms with E-state index in [1.807, 2.05) is 0 Å². The molecule has 0 radical (unpaired) electrons. The smallest absolute Gasteiger partial charge is 0.412 e. The van der Waals surface area contributed by atoms with Gasteiger partial charge in [0.1, 0.15) is 0 Å². The number of methoxy groups -OCH3 is 2. The summed E-state index contributed by atoms with van der Waals surface area (Å²) in [6, 6.07) is 13.6. The summed E-state index contributed by atoms with van der Waals surface area (Å²) in [5.74, 6) is -1.26. The van der Waals surface area contributed by atoms with Crippen molar-refractivity contribution in [3.8, 4) is 0 Å². The standard InChI is InChI=1S/C18H19Cl2NO4/c1-12(25-17(22)21-16-10-8-15(20)9-11-16)18(23-2,24-3)13-4-6-14(19)7-5-13/h4-12H,1-3H3,(H,21,22). The molecule has 0 heterocycles. The Bertz CT molecular complexity index is 700. The van der Waals surface area contributed by atoms with Gasteiger partial charge in [0.2, 0.25) is 5.79 Å². The monoisotopic (exact) mass is 383 g/mol. The molecule has 134 valence electrons. The van der Waals surface area contributed by atoms with Crippen molar-refractivity contribution in [3.05, 3.63) is 64.1 Å². The fourth-order valence-corrected chi connectivity index (χ4v) is 2.74. The van der Waals surface area contributed by atoms with Crippen LogP contribution < -0.4 is 5.32 Å². The van der Waals surface area contributed by atoms with Crippen molar-refractivity contribution in [2.24, 2.45) is 0 Å². The van der Waals surface area contributed by atoms with Crippen molar-refractivity contribution >= 4 is 35.0 Å². The lowest BCUT2D eigenvalue weighted by atomic mass is 10.0. The van der Waals surface area contributed by atoms with Gasteiger partial charge in [-0.3, -0.25) is 5.32 Å². The number of carbonyl (C=O) groups excluding carboxylic acids is 1. The van der Waals surface area contributed by atoms with Gasteiger partial charge in [-0.15, -0.1) is 0 Å². The summed E-state index contributed by atoms with van der Waals surface area (Å²) in [7, 11) is 2.96. The van der Waals surface area contributed by atoms with E-state index in [1.54, 1.807) is 55.5 Å². The fourth-order valence-electron chi connectivity index (χ4n) is 2.49. The van der Waals surface area contributed by atoms with E-state index >= 15 is 0 Å². The number of rotatable bonds is 6. The number of ether oxygens (including phenoxy) is 3. The molecule has 0 aromatic heterocycles. The topological polar surface area (TPSA) is 56.8 Å². The molecular formula is C18H19Cl2NO4. The van der Waals surface area contributed by atoms with Crippen LogP contribution in [0.15, 0.2) is 48.5 Å². The van der Waals surface area contributed by atoms with Gasteiger partial charge in [-0.2, -0.15) is 0 Å². The van der Waals surface area contributed by atoms with Crippen LogP contribution in [0, 0.1) is 0 Å². The van der Waals surface area contributed by atoms with E-state index in [4.69, 9.17) is 37.4 Å². The second-order valence-electron chi connectivity index (χ2n) is 5.26. The summed E-state index contributed by atoms with van der Waals surface area (Å²) < 4.78 is 16.6. The third kappa shape index (κ3) is 4.64. The minimum absolute atomic E-state index is 0.563. The molecule has 7 heteroatoms. The van der Waals surface area contributed by atoms with E-state index in [0.717, 1.165) is 0 Å². The molecule has 5 nitrogen and oxygen atoms in total. The number of benzene rings is 2. The summed E-state index contributed by atoms with van der Waals surface area (Å²) in [5.41, 5.74) is 1.24. The lowest BCUT2D eigenvalue weighted by Gasteiger charge is -2.36. The van der Waals surface area contributed by atoms with Gasteiger partial charge in [0.25, 0.3) is 0 Å². The molecule has 0 aliphatic heterocycles. The van der Waals surface area contributed by atoms with Gasteiger partial charge < -0.3 is 14.2 Å². The minimum atomic E-state index is -1.26. The van der Waals surface area contributed by atoms with E-state index in [-0.39, 0.29) is 0 Å². The van der Waals surface area contributed by atoms with Gasteiger partial charge in [-0.1, -0.05) is 35.3 Å². The lowest BCUT2D eigenvalue weighted by molar-refractivity contribution is -0.263. The van der Waals surface area contributed by atoms with E-state index in [9.17, 15) is 4.79 Å². The number of carbonyl (C=O) groups is 1. The molecule has 0 aliphatic carbocycles. The molecule has 0 saturated heterocycles. The largest absolute Gasteiger partial charge is 0.440 e. The third-order valence-electron chi connectivity index (χ3n) is 3.76. The Morgan fingerprint density at radius 2 is 1.44 bits per heavy atom. The van der Waals surface area contributed by atoms with Gasteiger partial charge in [0.05, 0.1) is 0 Å². The molecule has 1 unspecified atom stereocenters. The Hall–Kier alpha value is -1.79. The van der Waals surface area contributed by atoms with Gasteiger partial charge >= 0.3 is 6.09 Å². The van der Waals surface area contributed by atoms with E-state index < -0.39 is 18.0 Å². The van der Waals surface area contributed by atoms with Gasteiger partial charge in [-0.05, 0) is 43.3 Å². The maximum Gasteiger partial charge on any atom is 0.412 e. The Morgan fingerprint density at radius 3 is 1.92 bits per heavy atom. The van der Waals surface area contributed by atoms with Crippen molar-refractivity contribution in [3.63, 3.8) is 0 Å². The van der Waals surface area contributed by atoms with Gasteiger partial charge in [0, 0.05) is 35.5 Å². The quantitative estimate of drug-likeness (QED) is 0.706. The normalized spacial score (nSPS) is 12.5. The molecule has 0 aliphatic rings. The molecule has 0 saturated carbocycles. The van der Waals surface area contributed by atoms with Crippen molar-refractivity contribution < 1.29 is 19.0 Å². The van der Waals surface area contributed by atoms with Gasteiger partial charge in [0.15, 0.2) is 6.10 Å². The van der Waals surface area contributed by atoms with Crippen LogP contribution in [0.4, 0.5) is 10.5 Å². The van der Waals surface area contributed by atoms with Crippen LogP contribution in [0.3, 0.4) is 0 Å². The molecule has 1 atom stereocenters. The molecule has 0 fully saturated rings. The molecule has 0 spiro atoms. The number of amides is 1. The Labute approximate surface area is 156 Å². The van der Waals surface area contributed by atoms with Crippen LogP contribution in [-0.2, 0) is 20.0 Å². The number of nitrogens with one attached hydrogen (secondary N) is 1. The van der Waals surface area contributed by atoms with E-state index in [2.05, 4.69) is 5.32 Å². The molecule has 2 rings (SSSR count). The highest BCUT2D eigenvalue weighted by atomic mass is 35.5. The number of anilines is 1. The molecular weight excluding hydrogens is 365 g/mol. The third-order valence-corrected chi connectivity index (χ3v) is 4.27. The molecule has 1 amide bonds. The first-order chi connectivity index (χ1) is 11.9. The second-order valence-corrected chi connectivity index (χ2v) is 6.13. The average Bonchev–Trinajstić information content (AvgIpc) is 2.60. The van der Waals surface area contributed by atoms with Crippen molar-refractivity contribution in [2.75, 3.05) is 19.5 Å². The zero-order chi connectivity index (χ0) is 18.4. The van der Waals surface area contributed by atoms with Crippen LogP contribution in [-0.4, -0.2) is 26.4 Å². The second kappa shape index (κ2) is 8.54. The van der Waals surface area contributed by atoms with Crippen LogP contribution >= 0.6 is 23.2 Å². The first-order valence-corrected chi connectivity index (χ1v) is 8.26. The van der Waals surface area contributed by atoms with E-state index in [0.29, 0.717) is 21.3 Å². The highest BCUT2D eigenvalue weighted by molar-refractivity contribution is 6.30. The maximum atomic E-state index is 12.2. The molecule has 25 heavy (non-hydrogen) atoms. The molecule has 2 aromatic carbocycles. The Kier molecular flexibility index (Phi) is 6.67. The zero-order valence-corrected chi connectivity index (χ0v) is 15.6. The average molecular weight is 384 g/mol. The molecule has 1 N–H and O–H groups in total. The van der Waals surface area contributed by atoms with Crippen LogP contribution in [0.1, 0.15) is 12.5 Å². The highest BCUT2D eigenvalue weighted by Crippen LogP contribution is 2.32. The number of hydrogen-bond acceptors (Lipinski definition) is 4. The first kappa shape index (κ1) is 19.5. The van der Waals surface area contributed by atoms with Crippen molar-refractivity contribution in [2.45, 2.75) is 18.8 Å². The predicted octanol–water partition coefficient (Wildman–Crippen LogP) is 5.08. The summed E-state index contributed by atoms with van der Waals surface area (Å²) >= 11 is 11.7. The minimum Gasteiger partial charge on any atom is -0.440 e. The van der Waals surface area contributed by atoms with Crippen LogP contribution in [0.5, 0.6) is 0 Å². The highest BCUT2D eigenvalue weighted by Gasteiger charge is 2.41. The summed E-state index contributed by atoms with van der Waals surface area (Å²) in [5, 5.41) is 3.79. The van der Waals surface area contributed by atoms with Crippen LogP contribution in [0.2, 0.25) is 10.0 Å². The summed E-state index contributed by atoms with van der Waals surface area (Å²) in [6.07, 6.45) is -1.38. The SMILES string of the molecule is COC(OC)(c1ccc(Cl)cc1)C(C)OC(=O)Nc1ccc(Cl)cc1. The maximum absolute atomic E-state index is 12.2. The summed E-state index contributed by atoms with van der Waals surface area (Å²) in [6.45, 7) is 1.68. The van der Waals surface area contributed by atoms with Crippen LogP contribution in [0.25, 0.3) is 0 Å². The summed E-state index contributed by atoms with van der Waals surface area (Å²) in [4.78, 5) is 12.2.